The Kier molecular flexibility index (Phi) is 3.64. The van der Waals surface area contributed by atoms with Crippen LogP contribution in [0.15, 0.2) is 12.1 Å². The summed E-state index contributed by atoms with van der Waals surface area (Å²) in [6, 6.07) is 2.81. The Morgan fingerprint density at radius 2 is 2.12 bits per heavy atom. The van der Waals surface area contributed by atoms with Gasteiger partial charge >= 0.3 is 0 Å². The minimum atomic E-state index is -0.626. The van der Waals surface area contributed by atoms with E-state index in [2.05, 4.69) is 5.32 Å². The normalized spacial score (nSPS) is 25.4. The maximum absolute atomic E-state index is 12.8. The molecule has 0 bridgehead atoms. The highest BCUT2D eigenvalue weighted by atomic mass is 16.5. The maximum atomic E-state index is 12.8. The lowest BCUT2D eigenvalue weighted by Gasteiger charge is -2.35. The van der Waals surface area contributed by atoms with Crippen LogP contribution in [0.1, 0.15) is 28.8 Å². The zero-order valence-corrected chi connectivity index (χ0v) is 13.8. The third-order valence-electron chi connectivity index (χ3n) is 5.17. The van der Waals surface area contributed by atoms with Gasteiger partial charge in [-0.25, -0.2) is 0 Å². The van der Waals surface area contributed by atoms with Crippen molar-refractivity contribution in [2.45, 2.75) is 31.5 Å². The number of fused-ring (bicyclic) bond motifs is 2. The molecule has 8 heteroatoms. The number of hydrogen-bond acceptors (Lipinski definition) is 6. The van der Waals surface area contributed by atoms with E-state index in [0.29, 0.717) is 30.9 Å². The number of likely N-dealkylation sites (N-methyl/N-ethyl adjacent to an activating group) is 1. The molecule has 8 nitrogen and oxygen atoms in total. The quantitative estimate of drug-likeness (QED) is 0.710. The van der Waals surface area contributed by atoms with E-state index in [0.717, 1.165) is 11.3 Å². The van der Waals surface area contributed by atoms with Gasteiger partial charge in [-0.1, -0.05) is 0 Å². The zero-order chi connectivity index (χ0) is 17.7. The summed E-state index contributed by atoms with van der Waals surface area (Å²) in [5.41, 5.74) is 2.10. The molecule has 132 valence electrons. The summed E-state index contributed by atoms with van der Waals surface area (Å²) < 4.78 is 5.72. The number of piperidine rings is 1. The van der Waals surface area contributed by atoms with Crippen LogP contribution in [-0.2, 0) is 16.1 Å². The van der Waals surface area contributed by atoms with Crippen LogP contribution in [0.25, 0.3) is 0 Å². The van der Waals surface area contributed by atoms with Crippen molar-refractivity contribution in [1.82, 2.24) is 10.2 Å². The van der Waals surface area contributed by atoms with E-state index in [1.807, 2.05) is 18.0 Å². The molecule has 0 spiro atoms. The SMILES string of the molecule is CN1c2cc3c(cc2OCC1CO)CN(C1CCC(=O)NC1=O)C3=O. The van der Waals surface area contributed by atoms with Crippen molar-refractivity contribution < 1.29 is 24.2 Å². The van der Waals surface area contributed by atoms with Crippen molar-refractivity contribution in [3.05, 3.63) is 23.3 Å². The molecular weight excluding hydrogens is 326 g/mol. The van der Waals surface area contributed by atoms with Gasteiger partial charge in [-0.2, -0.15) is 0 Å². The summed E-state index contributed by atoms with van der Waals surface area (Å²) in [4.78, 5) is 39.7. The van der Waals surface area contributed by atoms with Gasteiger partial charge in [0.2, 0.25) is 11.8 Å². The predicted molar refractivity (Wildman–Crippen MR) is 87.3 cm³/mol. The van der Waals surface area contributed by atoms with Gasteiger partial charge in [0.05, 0.1) is 18.3 Å². The Morgan fingerprint density at radius 1 is 1.32 bits per heavy atom. The topological polar surface area (TPSA) is 99.2 Å². The molecule has 1 fully saturated rings. The summed E-state index contributed by atoms with van der Waals surface area (Å²) in [6.45, 7) is 0.664. The van der Waals surface area contributed by atoms with Gasteiger partial charge in [-0.15, -0.1) is 0 Å². The number of nitrogens with zero attached hydrogens (tertiary/aromatic N) is 2. The Labute approximate surface area is 144 Å². The number of benzene rings is 1. The number of ether oxygens (including phenoxy) is 1. The Hall–Kier alpha value is -2.61. The highest BCUT2D eigenvalue weighted by molar-refractivity contribution is 6.06. The van der Waals surface area contributed by atoms with E-state index in [1.165, 1.54) is 4.90 Å². The van der Waals surface area contributed by atoms with Gasteiger partial charge in [0.1, 0.15) is 18.4 Å². The molecule has 3 aliphatic heterocycles. The molecule has 2 N–H and O–H groups in total. The lowest BCUT2D eigenvalue weighted by atomic mass is 10.0. The minimum absolute atomic E-state index is 0.0383. The molecule has 2 atom stereocenters. The van der Waals surface area contributed by atoms with Gasteiger partial charge in [0.25, 0.3) is 5.91 Å². The largest absolute Gasteiger partial charge is 0.489 e. The third-order valence-corrected chi connectivity index (χ3v) is 5.17. The van der Waals surface area contributed by atoms with Crippen LogP contribution in [0.3, 0.4) is 0 Å². The van der Waals surface area contributed by atoms with Crippen LogP contribution in [0.2, 0.25) is 0 Å². The number of amides is 3. The first-order chi connectivity index (χ1) is 12.0. The fourth-order valence-electron chi connectivity index (χ4n) is 3.64. The highest BCUT2D eigenvalue weighted by Crippen LogP contribution is 2.39. The number of anilines is 1. The van der Waals surface area contributed by atoms with Crippen molar-refractivity contribution in [3.8, 4) is 5.75 Å². The number of hydrogen-bond donors (Lipinski definition) is 2. The van der Waals surface area contributed by atoms with Crippen LogP contribution >= 0.6 is 0 Å². The summed E-state index contributed by atoms with van der Waals surface area (Å²) in [5.74, 6) is -0.266. The predicted octanol–water partition coefficient (Wildman–Crippen LogP) is -0.363. The van der Waals surface area contributed by atoms with E-state index in [9.17, 15) is 19.5 Å². The second-order valence-electron chi connectivity index (χ2n) is 6.64. The van der Waals surface area contributed by atoms with Gasteiger partial charge in [-0.05, 0) is 24.1 Å². The summed E-state index contributed by atoms with van der Waals surface area (Å²) in [5, 5.41) is 11.7. The first kappa shape index (κ1) is 15.9. The zero-order valence-electron chi connectivity index (χ0n) is 13.8. The van der Waals surface area contributed by atoms with E-state index >= 15 is 0 Å². The number of imide groups is 1. The fraction of sp³-hybridized carbons (Fsp3) is 0.471. The molecule has 3 amide bonds. The maximum Gasteiger partial charge on any atom is 0.255 e. The van der Waals surface area contributed by atoms with Gasteiger partial charge in [0.15, 0.2) is 0 Å². The average molecular weight is 345 g/mol. The monoisotopic (exact) mass is 345 g/mol. The molecule has 0 saturated carbocycles. The van der Waals surface area contributed by atoms with E-state index < -0.39 is 11.9 Å². The molecule has 3 aliphatic rings. The standard InChI is InChI=1S/C17H19N3O5/c1-19-10(7-21)8-25-14-4-9-6-20(17(24)11(9)5-13(14)19)12-2-3-15(22)18-16(12)23/h4-5,10,12,21H,2-3,6-8H2,1H3,(H,18,22,23). The first-order valence-electron chi connectivity index (χ1n) is 8.27. The number of carbonyl (C=O) groups is 3. The lowest BCUT2D eigenvalue weighted by molar-refractivity contribution is -0.136. The lowest BCUT2D eigenvalue weighted by Crippen LogP contribution is -2.52. The van der Waals surface area contributed by atoms with Crippen LogP contribution in [-0.4, -0.2) is 60.1 Å². The Bertz CT molecular complexity index is 778. The number of aliphatic hydroxyl groups is 1. The smallest absolute Gasteiger partial charge is 0.255 e. The highest BCUT2D eigenvalue weighted by Gasteiger charge is 2.40. The molecule has 1 saturated heterocycles. The molecule has 3 heterocycles. The molecule has 4 rings (SSSR count). The molecule has 1 aromatic carbocycles. The van der Waals surface area contributed by atoms with E-state index in [1.54, 1.807) is 6.07 Å². The first-order valence-corrected chi connectivity index (χ1v) is 8.27. The molecule has 0 radical (unpaired) electrons. The number of rotatable bonds is 2. The summed E-state index contributed by atoms with van der Waals surface area (Å²) >= 11 is 0. The van der Waals surface area contributed by atoms with Crippen LogP contribution in [0, 0.1) is 0 Å². The number of carbonyl (C=O) groups excluding carboxylic acids is 3. The molecule has 25 heavy (non-hydrogen) atoms. The minimum Gasteiger partial charge on any atom is -0.489 e. The van der Waals surface area contributed by atoms with Gasteiger partial charge in [0, 0.05) is 25.6 Å². The Morgan fingerprint density at radius 3 is 2.84 bits per heavy atom. The van der Waals surface area contributed by atoms with Crippen molar-refractivity contribution in [1.29, 1.82) is 0 Å². The molecule has 2 unspecified atom stereocenters. The van der Waals surface area contributed by atoms with Crippen LogP contribution in [0.5, 0.6) is 5.75 Å². The van der Waals surface area contributed by atoms with Gasteiger partial charge < -0.3 is 19.6 Å². The molecule has 0 aromatic heterocycles. The summed E-state index contributed by atoms with van der Waals surface area (Å²) in [7, 11) is 1.85. The molecule has 1 aromatic rings. The van der Waals surface area contributed by atoms with Crippen molar-refractivity contribution >= 4 is 23.4 Å². The second-order valence-corrected chi connectivity index (χ2v) is 6.64. The average Bonchev–Trinajstić information content (AvgIpc) is 2.90. The molecular formula is C17H19N3O5. The molecule has 0 aliphatic carbocycles. The van der Waals surface area contributed by atoms with Crippen LogP contribution < -0.4 is 15.0 Å². The van der Waals surface area contributed by atoms with Crippen molar-refractivity contribution in [3.63, 3.8) is 0 Å². The number of aliphatic hydroxyl groups excluding tert-OH is 1. The number of nitrogens with one attached hydrogen (secondary N) is 1. The van der Waals surface area contributed by atoms with Crippen molar-refractivity contribution in [2.75, 3.05) is 25.2 Å². The third kappa shape index (κ3) is 2.44. The van der Waals surface area contributed by atoms with E-state index in [-0.39, 0.29) is 30.9 Å². The van der Waals surface area contributed by atoms with Crippen LogP contribution in [0.4, 0.5) is 5.69 Å². The fourth-order valence-corrected chi connectivity index (χ4v) is 3.64. The van der Waals surface area contributed by atoms with Gasteiger partial charge in [-0.3, -0.25) is 19.7 Å². The second kappa shape index (κ2) is 5.73. The van der Waals surface area contributed by atoms with Crippen molar-refractivity contribution in [2.24, 2.45) is 0 Å². The Balaban J connectivity index is 1.64. The van der Waals surface area contributed by atoms with E-state index in [4.69, 9.17) is 4.74 Å². The summed E-state index contributed by atoms with van der Waals surface area (Å²) in [6.07, 6.45) is 0.574.